The molecule has 0 aliphatic carbocycles. The molecule has 0 saturated carbocycles. The fourth-order valence-electron chi connectivity index (χ4n) is 3.30. The third-order valence-corrected chi connectivity index (χ3v) is 4.84. The summed E-state index contributed by atoms with van der Waals surface area (Å²) in [5.74, 6) is 0.249. The van der Waals surface area contributed by atoms with Gasteiger partial charge in [-0.1, -0.05) is 12.1 Å². The minimum atomic E-state index is -0.504. The third-order valence-electron chi connectivity index (χ3n) is 4.84. The molecule has 1 atom stereocenters. The molecule has 2 fully saturated rings. The first-order valence-electron chi connectivity index (χ1n) is 8.64. The van der Waals surface area contributed by atoms with Crippen LogP contribution in [0.1, 0.15) is 31.2 Å². The van der Waals surface area contributed by atoms with E-state index in [2.05, 4.69) is 5.32 Å². The summed E-state index contributed by atoms with van der Waals surface area (Å²) in [7, 11) is 0. The van der Waals surface area contributed by atoms with Crippen LogP contribution in [-0.4, -0.2) is 42.5 Å². The fourth-order valence-corrected chi connectivity index (χ4v) is 3.30. The van der Waals surface area contributed by atoms with Gasteiger partial charge in [-0.2, -0.15) is 0 Å². The summed E-state index contributed by atoms with van der Waals surface area (Å²) in [6.45, 7) is 2.82. The first kappa shape index (κ1) is 16.9. The second kappa shape index (κ2) is 7.77. The van der Waals surface area contributed by atoms with E-state index in [-0.39, 0.29) is 17.7 Å². The predicted molar refractivity (Wildman–Crippen MR) is 91.2 cm³/mol. The summed E-state index contributed by atoms with van der Waals surface area (Å²) in [5, 5.41) is 2.88. The first-order valence-corrected chi connectivity index (χ1v) is 8.64. The largest absolute Gasteiger partial charge is 0.381 e. The number of ether oxygens (including phenoxy) is 1. The van der Waals surface area contributed by atoms with Crippen LogP contribution in [-0.2, 0) is 20.9 Å². The van der Waals surface area contributed by atoms with Crippen LogP contribution in [0.4, 0.5) is 5.69 Å². The van der Waals surface area contributed by atoms with Gasteiger partial charge in [0.25, 0.3) is 0 Å². The monoisotopic (exact) mass is 331 g/mol. The quantitative estimate of drug-likeness (QED) is 0.856. The number of amides is 2. The van der Waals surface area contributed by atoms with Crippen LogP contribution in [0.5, 0.6) is 0 Å². The van der Waals surface area contributed by atoms with E-state index in [9.17, 15) is 9.59 Å². The Morgan fingerprint density at radius 2 is 2.00 bits per heavy atom. The molecule has 0 aromatic heterocycles. The molecule has 1 unspecified atom stereocenters. The maximum Gasteiger partial charge on any atom is 0.241 e. The Morgan fingerprint density at radius 3 is 2.62 bits per heavy atom. The van der Waals surface area contributed by atoms with Crippen molar-refractivity contribution in [3.05, 3.63) is 29.8 Å². The fraction of sp³-hybridized carbons (Fsp3) is 0.556. The van der Waals surface area contributed by atoms with Gasteiger partial charge in [0.1, 0.15) is 0 Å². The first-order chi connectivity index (χ1) is 11.6. The van der Waals surface area contributed by atoms with Gasteiger partial charge >= 0.3 is 0 Å². The highest BCUT2D eigenvalue weighted by Gasteiger charge is 2.26. The van der Waals surface area contributed by atoms with Gasteiger partial charge in [-0.25, -0.2) is 0 Å². The van der Waals surface area contributed by atoms with Crippen LogP contribution < -0.4 is 11.1 Å². The lowest BCUT2D eigenvalue weighted by molar-refractivity contribution is -0.128. The highest BCUT2D eigenvalue weighted by atomic mass is 16.5. The zero-order valence-corrected chi connectivity index (χ0v) is 13.9. The molecule has 1 aromatic carbocycles. The zero-order chi connectivity index (χ0) is 16.9. The standard InChI is InChI=1S/C18H25N3O3/c19-17(14-7-10-24-11-8-14)18(23)20-15-5-3-13(4-6-15)12-21-9-1-2-16(21)22/h3-6,14,17H,1-2,7-12,19H2,(H,20,23). The summed E-state index contributed by atoms with van der Waals surface area (Å²) < 4.78 is 5.31. The molecule has 1 aromatic rings. The molecule has 0 bridgehead atoms. The van der Waals surface area contributed by atoms with Gasteiger partial charge in [-0.15, -0.1) is 0 Å². The molecule has 0 radical (unpaired) electrons. The molecular formula is C18H25N3O3. The van der Waals surface area contributed by atoms with E-state index < -0.39 is 6.04 Å². The number of nitrogens with one attached hydrogen (secondary N) is 1. The maximum atomic E-state index is 12.3. The summed E-state index contributed by atoms with van der Waals surface area (Å²) in [5.41, 5.74) is 7.88. The number of carbonyl (C=O) groups is 2. The normalized spacial score (nSPS) is 20.2. The SMILES string of the molecule is NC(C(=O)Nc1ccc(CN2CCCC2=O)cc1)C1CCOCC1. The molecule has 2 amide bonds. The Morgan fingerprint density at radius 1 is 1.29 bits per heavy atom. The lowest BCUT2D eigenvalue weighted by atomic mass is 9.92. The molecular weight excluding hydrogens is 306 g/mol. The third kappa shape index (κ3) is 4.13. The Labute approximate surface area is 142 Å². The van der Waals surface area contributed by atoms with E-state index in [1.165, 1.54) is 0 Å². The highest BCUT2D eigenvalue weighted by molar-refractivity contribution is 5.94. The van der Waals surface area contributed by atoms with Crippen LogP contribution in [0.25, 0.3) is 0 Å². The molecule has 2 aliphatic heterocycles. The van der Waals surface area contributed by atoms with Crippen LogP contribution in [0.15, 0.2) is 24.3 Å². The number of carbonyl (C=O) groups excluding carboxylic acids is 2. The Kier molecular flexibility index (Phi) is 5.48. The van der Waals surface area contributed by atoms with Crippen molar-refractivity contribution in [1.82, 2.24) is 4.90 Å². The zero-order valence-electron chi connectivity index (χ0n) is 13.9. The topological polar surface area (TPSA) is 84.7 Å². The molecule has 24 heavy (non-hydrogen) atoms. The van der Waals surface area contributed by atoms with Gasteiger partial charge in [0.2, 0.25) is 11.8 Å². The second-order valence-electron chi connectivity index (χ2n) is 6.58. The van der Waals surface area contributed by atoms with Crippen LogP contribution >= 0.6 is 0 Å². The molecule has 2 heterocycles. The molecule has 3 rings (SSSR count). The number of rotatable bonds is 5. The van der Waals surface area contributed by atoms with Gasteiger partial charge < -0.3 is 20.7 Å². The summed E-state index contributed by atoms with van der Waals surface area (Å²) >= 11 is 0. The minimum absolute atomic E-state index is 0.149. The molecule has 0 spiro atoms. The average molecular weight is 331 g/mol. The van der Waals surface area contributed by atoms with Crippen LogP contribution in [0, 0.1) is 5.92 Å². The summed E-state index contributed by atoms with van der Waals surface area (Å²) in [4.78, 5) is 25.8. The van der Waals surface area contributed by atoms with Gasteiger partial charge in [-0.3, -0.25) is 9.59 Å². The predicted octanol–water partition coefficient (Wildman–Crippen LogP) is 1.50. The molecule has 130 valence electrons. The van der Waals surface area contributed by atoms with Crippen molar-refractivity contribution in [2.45, 2.75) is 38.3 Å². The van der Waals surface area contributed by atoms with E-state index in [0.717, 1.165) is 37.1 Å². The number of hydrogen-bond donors (Lipinski definition) is 2. The van der Waals surface area contributed by atoms with Crippen LogP contribution in [0.2, 0.25) is 0 Å². The molecule has 6 nitrogen and oxygen atoms in total. The van der Waals surface area contributed by atoms with Crippen molar-refractivity contribution in [3.8, 4) is 0 Å². The number of hydrogen-bond acceptors (Lipinski definition) is 4. The van der Waals surface area contributed by atoms with Crippen molar-refractivity contribution in [2.75, 3.05) is 25.1 Å². The van der Waals surface area contributed by atoms with E-state index >= 15 is 0 Å². The van der Waals surface area contributed by atoms with E-state index in [1.54, 1.807) is 0 Å². The van der Waals surface area contributed by atoms with Crippen molar-refractivity contribution in [1.29, 1.82) is 0 Å². The number of benzene rings is 1. The number of anilines is 1. The Bertz CT molecular complexity index is 582. The number of nitrogens with two attached hydrogens (primary N) is 1. The Hall–Kier alpha value is -1.92. The van der Waals surface area contributed by atoms with E-state index in [1.807, 2.05) is 29.2 Å². The minimum Gasteiger partial charge on any atom is -0.381 e. The van der Waals surface area contributed by atoms with Gasteiger partial charge in [0.15, 0.2) is 0 Å². The van der Waals surface area contributed by atoms with E-state index in [0.29, 0.717) is 26.2 Å². The lowest BCUT2D eigenvalue weighted by Crippen LogP contribution is -2.44. The summed E-state index contributed by atoms with van der Waals surface area (Å²) in [6.07, 6.45) is 3.25. The molecule has 2 aliphatic rings. The van der Waals surface area contributed by atoms with Crippen molar-refractivity contribution < 1.29 is 14.3 Å². The van der Waals surface area contributed by atoms with Gasteiger partial charge in [0, 0.05) is 38.4 Å². The average Bonchev–Trinajstić information content (AvgIpc) is 3.01. The van der Waals surface area contributed by atoms with Crippen molar-refractivity contribution in [2.24, 2.45) is 11.7 Å². The van der Waals surface area contributed by atoms with Crippen molar-refractivity contribution in [3.63, 3.8) is 0 Å². The second-order valence-corrected chi connectivity index (χ2v) is 6.58. The van der Waals surface area contributed by atoms with Crippen LogP contribution in [0.3, 0.4) is 0 Å². The van der Waals surface area contributed by atoms with Crippen molar-refractivity contribution >= 4 is 17.5 Å². The lowest BCUT2D eigenvalue weighted by Gasteiger charge is -2.26. The molecule has 3 N–H and O–H groups in total. The number of nitrogens with zero attached hydrogens (tertiary/aromatic N) is 1. The molecule has 2 saturated heterocycles. The van der Waals surface area contributed by atoms with E-state index in [4.69, 9.17) is 10.5 Å². The van der Waals surface area contributed by atoms with Gasteiger partial charge in [0.05, 0.1) is 6.04 Å². The molecule has 6 heteroatoms. The summed E-state index contributed by atoms with van der Waals surface area (Å²) in [6, 6.07) is 7.12. The Balaban J connectivity index is 1.53. The van der Waals surface area contributed by atoms with Gasteiger partial charge in [-0.05, 0) is 42.9 Å². The number of likely N-dealkylation sites (tertiary alicyclic amines) is 1. The highest BCUT2D eigenvalue weighted by Crippen LogP contribution is 2.20. The smallest absolute Gasteiger partial charge is 0.241 e. The maximum absolute atomic E-state index is 12.3.